The number of carbonyl (C=O) groups excluding carboxylic acids is 1. The average molecular weight is 396 g/mol. The quantitative estimate of drug-likeness (QED) is 0.568. The molecule has 1 amide bonds. The third kappa shape index (κ3) is 5.38. The summed E-state index contributed by atoms with van der Waals surface area (Å²) in [7, 11) is -3.70. The van der Waals surface area contributed by atoms with Crippen molar-refractivity contribution >= 4 is 27.3 Å². The van der Waals surface area contributed by atoms with Crippen molar-refractivity contribution in [2.24, 2.45) is 5.14 Å². The molecule has 0 unspecified atom stereocenters. The molecule has 0 saturated carbocycles. The van der Waals surface area contributed by atoms with Crippen molar-refractivity contribution in [1.82, 2.24) is 10.3 Å². The van der Waals surface area contributed by atoms with Gasteiger partial charge in [0, 0.05) is 12.2 Å². The minimum atomic E-state index is -3.70. The number of nitrogens with one attached hydrogen (secondary N) is 2. The Morgan fingerprint density at radius 3 is 2.25 bits per heavy atom. The maximum atomic E-state index is 12.2. The summed E-state index contributed by atoms with van der Waals surface area (Å²) in [4.78, 5) is 16.4. The Balaban J connectivity index is 1.51. The van der Waals surface area contributed by atoms with E-state index in [1.807, 2.05) is 30.3 Å². The zero-order chi connectivity index (χ0) is 20.0. The van der Waals surface area contributed by atoms with Gasteiger partial charge in [-0.1, -0.05) is 30.3 Å². The van der Waals surface area contributed by atoms with Crippen molar-refractivity contribution < 1.29 is 13.2 Å². The third-order valence-electron chi connectivity index (χ3n) is 4.01. The number of hydrogen-bond acceptors (Lipinski definition) is 5. The monoisotopic (exact) mass is 396 g/mol. The van der Waals surface area contributed by atoms with Gasteiger partial charge in [0.1, 0.15) is 5.69 Å². The lowest BCUT2D eigenvalue weighted by molar-refractivity contribution is 0.0949. The normalized spacial score (nSPS) is 11.0. The lowest BCUT2D eigenvalue weighted by atomic mass is 10.1. The summed E-state index contributed by atoms with van der Waals surface area (Å²) in [6, 6.07) is 19.4. The first-order chi connectivity index (χ1) is 13.4. The van der Waals surface area contributed by atoms with Crippen LogP contribution in [0, 0.1) is 0 Å². The lowest BCUT2D eigenvalue weighted by Gasteiger charge is -2.08. The second kappa shape index (κ2) is 8.64. The lowest BCUT2D eigenvalue weighted by Crippen LogP contribution is -2.26. The molecular weight excluding hydrogens is 376 g/mol. The summed E-state index contributed by atoms with van der Waals surface area (Å²) < 4.78 is 22.5. The summed E-state index contributed by atoms with van der Waals surface area (Å²) >= 11 is 0. The molecular formula is C20H20N4O3S. The molecule has 0 bridgehead atoms. The van der Waals surface area contributed by atoms with E-state index in [2.05, 4.69) is 15.6 Å². The van der Waals surface area contributed by atoms with E-state index in [9.17, 15) is 13.2 Å². The number of hydrogen-bond donors (Lipinski definition) is 3. The highest BCUT2D eigenvalue weighted by atomic mass is 32.2. The molecule has 0 fully saturated rings. The molecule has 4 N–H and O–H groups in total. The molecule has 3 aromatic rings. The van der Waals surface area contributed by atoms with Crippen LogP contribution in [-0.2, 0) is 16.4 Å². The van der Waals surface area contributed by atoms with Crippen LogP contribution in [0.1, 0.15) is 16.1 Å². The molecule has 8 heteroatoms. The van der Waals surface area contributed by atoms with Gasteiger partial charge in [-0.05, 0) is 48.4 Å². The molecule has 3 rings (SSSR count). The van der Waals surface area contributed by atoms with Crippen LogP contribution in [0.3, 0.4) is 0 Å². The van der Waals surface area contributed by atoms with Gasteiger partial charge < -0.3 is 10.6 Å². The number of nitrogens with zero attached hydrogens (tertiary/aromatic N) is 1. The molecule has 0 aliphatic heterocycles. The molecule has 0 aliphatic rings. The number of anilines is 2. The molecule has 0 spiro atoms. The van der Waals surface area contributed by atoms with Crippen molar-refractivity contribution in [3.63, 3.8) is 0 Å². The Morgan fingerprint density at radius 2 is 1.64 bits per heavy atom. The smallest absolute Gasteiger partial charge is 0.269 e. The number of carbonyl (C=O) groups is 1. The Morgan fingerprint density at radius 1 is 0.929 bits per heavy atom. The van der Waals surface area contributed by atoms with Crippen molar-refractivity contribution in [3.8, 4) is 0 Å². The molecule has 1 aromatic heterocycles. The number of amides is 1. The number of sulfonamides is 1. The Bertz CT molecular complexity index is 1040. The van der Waals surface area contributed by atoms with Crippen LogP contribution in [0.15, 0.2) is 77.8 Å². The molecule has 1 heterocycles. The topological polar surface area (TPSA) is 114 Å². The first-order valence-corrected chi connectivity index (χ1v) is 10.1. The predicted molar refractivity (Wildman–Crippen MR) is 108 cm³/mol. The maximum Gasteiger partial charge on any atom is 0.269 e. The molecule has 0 atom stereocenters. The number of para-hydroxylation sites is 1. The predicted octanol–water partition coefficient (Wildman–Crippen LogP) is 2.45. The molecule has 2 aromatic carbocycles. The van der Waals surface area contributed by atoms with Gasteiger partial charge >= 0.3 is 0 Å². The van der Waals surface area contributed by atoms with Crippen molar-refractivity contribution in [3.05, 3.63) is 84.2 Å². The first kappa shape index (κ1) is 19.5. The second-order valence-electron chi connectivity index (χ2n) is 6.12. The summed E-state index contributed by atoms with van der Waals surface area (Å²) in [6.07, 6.45) is 2.16. The van der Waals surface area contributed by atoms with E-state index in [1.165, 1.54) is 12.1 Å². The standard InChI is InChI=1S/C20H20N4O3S/c21-28(26,27)18-9-6-15(7-10-18)12-13-22-20(25)19-11-8-17(14-23-19)24-16-4-2-1-3-5-16/h1-11,14,24H,12-13H2,(H,22,25)(H2,21,26,27). The van der Waals surface area contributed by atoms with Crippen molar-refractivity contribution in [2.45, 2.75) is 11.3 Å². The summed E-state index contributed by atoms with van der Waals surface area (Å²) in [5, 5.41) is 11.1. The van der Waals surface area contributed by atoms with Crippen LogP contribution in [0.25, 0.3) is 0 Å². The van der Waals surface area contributed by atoms with E-state index in [0.29, 0.717) is 18.7 Å². The van der Waals surface area contributed by atoms with Gasteiger partial charge in [0.2, 0.25) is 10.0 Å². The van der Waals surface area contributed by atoms with Gasteiger partial charge in [-0.2, -0.15) is 0 Å². The molecule has 0 aliphatic carbocycles. The number of rotatable bonds is 7. The number of pyridine rings is 1. The van der Waals surface area contributed by atoms with E-state index >= 15 is 0 Å². The van der Waals surface area contributed by atoms with E-state index in [4.69, 9.17) is 5.14 Å². The van der Waals surface area contributed by atoms with Crippen LogP contribution in [0.4, 0.5) is 11.4 Å². The van der Waals surface area contributed by atoms with Gasteiger partial charge in [-0.15, -0.1) is 0 Å². The van der Waals surface area contributed by atoms with Crippen LogP contribution in [0.2, 0.25) is 0 Å². The SMILES string of the molecule is NS(=O)(=O)c1ccc(CCNC(=O)c2ccc(Nc3ccccc3)cn2)cc1. The highest BCUT2D eigenvalue weighted by molar-refractivity contribution is 7.89. The van der Waals surface area contributed by atoms with E-state index in [0.717, 1.165) is 16.9 Å². The fourth-order valence-corrected chi connectivity index (χ4v) is 3.06. The third-order valence-corrected chi connectivity index (χ3v) is 4.94. The van der Waals surface area contributed by atoms with Gasteiger partial charge in [-0.25, -0.2) is 18.5 Å². The fraction of sp³-hybridized carbons (Fsp3) is 0.100. The highest BCUT2D eigenvalue weighted by Gasteiger charge is 2.08. The van der Waals surface area contributed by atoms with E-state index < -0.39 is 10.0 Å². The summed E-state index contributed by atoms with van der Waals surface area (Å²) in [5.41, 5.74) is 2.94. The minimum absolute atomic E-state index is 0.0636. The van der Waals surface area contributed by atoms with Gasteiger partial charge in [0.25, 0.3) is 5.91 Å². The Hall–Kier alpha value is -3.23. The van der Waals surface area contributed by atoms with Crippen molar-refractivity contribution in [2.75, 3.05) is 11.9 Å². The largest absolute Gasteiger partial charge is 0.354 e. The number of nitrogens with two attached hydrogens (primary N) is 1. The number of benzene rings is 2. The number of primary sulfonamides is 1. The first-order valence-electron chi connectivity index (χ1n) is 8.60. The van der Waals surface area contributed by atoms with Gasteiger partial charge in [-0.3, -0.25) is 4.79 Å². The zero-order valence-electron chi connectivity index (χ0n) is 15.0. The van der Waals surface area contributed by atoms with Crippen molar-refractivity contribution in [1.29, 1.82) is 0 Å². The van der Waals surface area contributed by atoms with Gasteiger partial charge in [0.05, 0.1) is 16.8 Å². The molecule has 0 saturated heterocycles. The molecule has 144 valence electrons. The van der Waals surface area contributed by atoms with E-state index in [1.54, 1.807) is 30.5 Å². The van der Waals surface area contributed by atoms with Gasteiger partial charge in [0.15, 0.2) is 0 Å². The average Bonchev–Trinajstić information content (AvgIpc) is 2.69. The Labute approximate surface area is 163 Å². The summed E-state index contributed by atoms with van der Waals surface area (Å²) in [6.45, 7) is 0.402. The molecule has 0 radical (unpaired) electrons. The van der Waals surface area contributed by atoms with E-state index in [-0.39, 0.29) is 10.8 Å². The van der Waals surface area contributed by atoms with Crippen LogP contribution >= 0.6 is 0 Å². The minimum Gasteiger partial charge on any atom is -0.354 e. The molecule has 28 heavy (non-hydrogen) atoms. The van der Waals surface area contributed by atoms with Crippen LogP contribution in [0.5, 0.6) is 0 Å². The molecule has 7 nitrogen and oxygen atoms in total. The zero-order valence-corrected chi connectivity index (χ0v) is 15.8. The second-order valence-corrected chi connectivity index (χ2v) is 7.68. The summed E-state index contributed by atoms with van der Waals surface area (Å²) in [5.74, 6) is -0.271. The highest BCUT2D eigenvalue weighted by Crippen LogP contribution is 2.15. The maximum absolute atomic E-state index is 12.2. The Kier molecular flexibility index (Phi) is 6.03. The fourth-order valence-electron chi connectivity index (χ4n) is 2.55. The van der Waals surface area contributed by atoms with Crippen LogP contribution in [-0.4, -0.2) is 25.9 Å². The van der Waals surface area contributed by atoms with Crippen LogP contribution < -0.4 is 15.8 Å². The number of aromatic nitrogens is 1.